The van der Waals surface area contributed by atoms with Crippen molar-refractivity contribution in [2.75, 3.05) is 0 Å². The minimum absolute atomic E-state index is 0.0193. The zero-order valence-electron chi connectivity index (χ0n) is 14.8. The molecule has 1 aliphatic heterocycles. The van der Waals surface area contributed by atoms with E-state index in [1.54, 1.807) is 42.5 Å². The molecule has 0 bridgehead atoms. The van der Waals surface area contributed by atoms with Crippen LogP contribution in [0, 0.1) is 0 Å². The zero-order chi connectivity index (χ0) is 20.5. The molecule has 29 heavy (non-hydrogen) atoms. The summed E-state index contributed by atoms with van der Waals surface area (Å²) < 4.78 is 10.5. The molecule has 7 heteroatoms. The highest BCUT2D eigenvalue weighted by Crippen LogP contribution is 2.45. The number of esters is 1. The maximum atomic E-state index is 12.6. The molecule has 1 aliphatic carbocycles. The van der Waals surface area contributed by atoms with Crippen molar-refractivity contribution in [1.29, 1.82) is 0 Å². The molecule has 0 saturated heterocycles. The molecule has 2 aliphatic rings. The third kappa shape index (κ3) is 3.25. The van der Waals surface area contributed by atoms with Gasteiger partial charge in [0.1, 0.15) is 39.7 Å². The third-order valence-electron chi connectivity index (χ3n) is 4.33. The molecular weight excluding hydrogens is 376 g/mol. The van der Waals surface area contributed by atoms with Crippen LogP contribution in [-0.4, -0.2) is 21.3 Å². The van der Waals surface area contributed by atoms with Gasteiger partial charge in [0.25, 0.3) is 5.95 Å². The molecule has 0 unspecified atom stereocenters. The molecule has 0 radical (unpaired) electrons. The number of benzene rings is 3. The molecular formula is C22H14O7. The maximum Gasteiger partial charge on any atom is 0.347 e. The summed E-state index contributed by atoms with van der Waals surface area (Å²) in [4.78, 5) is 24.8. The van der Waals surface area contributed by atoms with Crippen LogP contribution < -0.4 is 10.2 Å². The summed E-state index contributed by atoms with van der Waals surface area (Å²) in [5.74, 6) is -2.51. The van der Waals surface area contributed by atoms with Crippen molar-refractivity contribution in [3.05, 3.63) is 82.5 Å². The minimum atomic E-state index is -0.879. The van der Waals surface area contributed by atoms with E-state index in [0.29, 0.717) is 5.56 Å². The first-order valence-corrected chi connectivity index (χ1v) is 8.54. The number of fused-ring (bicyclic) bond motifs is 1. The van der Waals surface area contributed by atoms with Gasteiger partial charge >= 0.3 is 5.97 Å². The van der Waals surface area contributed by atoms with E-state index >= 15 is 0 Å². The summed E-state index contributed by atoms with van der Waals surface area (Å²) in [5, 5.41) is 30.6. The van der Waals surface area contributed by atoms with E-state index in [9.17, 15) is 24.9 Å². The Morgan fingerprint density at radius 2 is 1.55 bits per heavy atom. The lowest BCUT2D eigenvalue weighted by Crippen LogP contribution is -2.12. The maximum absolute atomic E-state index is 12.6. The lowest BCUT2D eigenvalue weighted by molar-refractivity contribution is 0.0731. The number of hydrogen-bond donors (Lipinski definition) is 3. The Balaban J connectivity index is 1.79. The van der Waals surface area contributed by atoms with Gasteiger partial charge in [0.05, 0.1) is 0 Å². The first-order chi connectivity index (χ1) is 14.0. The summed E-state index contributed by atoms with van der Waals surface area (Å²) in [6, 6.07) is 16.5. The summed E-state index contributed by atoms with van der Waals surface area (Å²) in [5.41, 5.74) is -0.469. The highest BCUT2D eigenvalue weighted by molar-refractivity contribution is 5.94. The van der Waals surface area contributed by atoms with Crippen LogP contribution in [0.15, 0.2) is 75.9 Å². The molecule has 7 nitrogen and oxygen atoms in total. The lowest BCUT2D eigenvalue weighted by atomic mass is 10.0. The molecule has 0 saturated carbocycles. The van der Waals surface area contributed by atoms with Gasteiger partial charge in [-0.1, -0.05) is 42.5 Å². The molecule has 2 aromatic rings. The second-order valence-electron chi connectivity index (χ2n) is 6.20. The Morgan fingerprint density at radius 1 is 0.862 bits per heavy atom. The third-order valence-corrected chi connectivity index (χ3v) is 4.33. The van der Waals surface area contributed by atoms with Crippen molar-refractivity contribution >= 4 is 5.97 Å². The first kappa shape index (κ1) is 18.1. The normalized spacial score (nSPS) is 10.8. The Morgan fingerprint density at radius 3 is 2.28 bits per heavy atom. The molecule has 2 aromatic carbocycles. The van der Waals surface area contributed by atoms with Gasteiger partial charge in [0, 0.05) is 12.1 Å². The zero-order valence-corrected chi connectivity index (χ0v) is 14.8. The first-order valence-electron chi connectivity index (χ1n) is 8.54. The number of hydrogen-bond acceptors (Lipinski definition) is 7. The second kappa shape index (κ2) is 7.05. The number of para-hydroxylation sites is 1. The smallest absolute Gasteiger partial charge is 0.347 e. The monoisotopic (exact) mass is 390 g/mol. The molecule has 0 spiro atoms. The topological polar surface area (TPSA) is 117 Å². The van der Waals surface area contributed by atoms with E-state index in [-0.39, 0.29) is 33.9 Å². The van der Waals surface area contributed by atoms with E-state index in [1.807, 2.05) is 0 Å². The molecule has 0 aromatic heterocycles. The van der Waals surface area contributed by atoms with Crippen LogP contribution in [0.25, 0.3) is 22.5 Å². The number of phenolic OH excluding ortho intramolecular Hbond substituents is 1. The Labute approximate surface area is 164 Å². The van der Waals surface area contributed by atoms with E-state index in [0.717, 1.165) is 6.07 Å². The van der Waals surface area contributed by atoms with Gasteiger partial charge in [0.2, 0.25) is 0 Å². The SMILES string of the molecule is O=C(Oc1cc2oc(O)c(-c3ccccc3)c(O)c-2c(=O)c1)c1ccccc1O. The van der Waals surface area contributed by atoms with E-state index < -0.39 is 23.1 Å². The summed E-state index contributed by atoms with van der Waals surface area (Å²) in [6.45, 7) is 0. The molecule has 3 N–H and O–H groups in total. The average molecular weight is 390 g/mol. The van der Waals surface area contributed by atoms with E-state index in [1.165, 1.54) is 18.2 Å². The molecule has 0 amide bonds. The van der Waals surface area contributed by atoms with Crippen molar-refractivity contribution in [2.24, 2.45) is 0 Å². The fourth-order valence-corrected chi connectivity index (χ4v) is 2.99. The Hall–Kier alpha value is -4.26. The molecule has 144 valence electrons. The fourth-order valence-electron chi connectivity index (χ4n) is 2.99. The van der Waals surface area contributed by atoms with Crippen LogP contribution in [0.5, 0.6) is 23.2 Å². The summed E-state index contributed by atoms with van der Waals surface area (Å²) in [7, 11) is 0. The summed E-state index contributed by atoms with van der Waals surface area (Å²) >= 11 is 0. The Kier molecular flexibility index (Phi) is 4.40. The van der Waals surface area contributed by atoms with Crippen molar-refractivity contribution in [2.45, 2.75) is 0 Å². The van der Waals surface area contributed by atoms with Crippen molar-refractivity contribution in [1.82, 2.24) is 0 Å². The van der Waals surface area contributed by atoms with Gasteiger partial charge < -0.3 is 24.5 Å². The average Bonchev–Trinajstić information content (AvgIpc) is 2.68. The largest absolute Gasteiger partial charge is 0.507 e. The lowest BCUT2D eigenvalue weighted by Gasteiger charge is -2.14. The van der Waals surface area contributed by atoms with Crippen LogP contribution in [0.4, 0.5) is 0 Å². The van der Waals surface area contributed by atoms with Crippen molar-refractivity contribution < 1.29 is 29.3 Å². The Bertz CT molecular complexity index is 1240. The minimum Gasteiger partial charge on any atom is -0.507 e. The van der Waals surface area contributed by atoms with Crippen LogP contribution in [-0.2, 0) is 0 Å². The van der Waals surface area contributed by atoms with Gasteiger partial charge in [-0.15, -0.1) is 0 Å². The molecule has 0 atom stereocenters. The van der Waals surface area contributed by atoms with Crippen LogP contribution >= 0.6 is 0 Å². The second-order valence-corrected chi connectivity index (χ2v) is 6.20. The van der Waals surface area contributed by atoms with Gasteiger partial charge in [-0.25, -0.2) is 4.79 Å². The van der Waals surface area contributed by atoms with Gasteiger partial charge in [0.15, 0.2) is 5.43 Å². The number of ether oxygens (including phenoxy) is 1. The number of phenols is 1. The highest BCUT2D eigenvalue weighted by atomic mass is 16.5. The predicted octanol–water partition coefficient (Wildman–Crippen LogP) is 3.75. The number of carbonyl (C=O) groups excluding carboxylic acids is 1. The molecule has 0 fully saturated rings. The van der Waals surface area contributed by atoms with Crippen molar-refractivity contribution in [3.8, 4) is 45.6 Å². The highest BCUT2D eigenvalue weighted by Gasteiger charge is 2.25. The molecule has 1 heterocycles. The fraction of sp³-hybridized carbons (Fsp3) is 0. The van der Waals surface area contributed by atoms with Gasteiger partial charge in [-0.05, 0) is 17.7 Å². The predicted molar refractivity (Wildman–Crippen MR) is 103 cm³/mol. The van der Waals surface area contributed by atoms with Crippen LogP contribution in [0.3, 0.4) is 0 Å². The molecule has 4 rings (SSSR count). The quantitative estimate of drug-likeness (QED) is 0.360. The number of aromatic hydroxyl groups is 3. The number of rotatable bonds is 3. The van der Waals surface area contributed by atoms with Crippen molar-refractivity contribution in [3.63, 3.8) is 0 Å². The van der Waals surface area contributed by atoms with Gasteiger partial charge in [-0.3, -0.25) is 4.79 Å². The van der Waals surface area contributed by atoms with Crippen LogP contribution in [0.1, 0.15) is 10.4 Å². The summed E-state index contributed by atoms with van der Waals surface area (Å²) in [6.07, 6.45) is 0. The number of carbonyl (C=O) groups is 1. The standard InChI is InChI=1S/C22H14O7/c23-15-9-5-4-8-14(15)21(26)28-13-10-16(24)19-17(11-13)29-22(27)18(20(19)25)12-6-2-1-3-7-12/h1-11,23,25,27H. The van der Waals surface area contributed by atoms with Crippen LogP contribution in [0.2, 0.25) is 0 Å². The van der Waals surface area contributed by atoms with Gasteiger partial charge in [-0.2, -0.15) is 0 Å². The van der Waals surface area contributed by atoms with E-state index in [2.05, 4.69) is 0 Å². The van der Waals surface area contributed by atoms with E-state index in [4.69, 9.17) is 9.15 Å².